The molecule has 0 unspecified atom stereocenters. The molecular weight excluding hydrogens is 314 g/mol. The fourth-order valence-electron chi connectivity index (χ4n) is 3.49. The van der Waals surface area contributed by atoms with Crippen molar-refractivity contribution in [3.8, 4) is 0 Å². The first-order valence-electron chi connectivity index (χ1n) is 8.81. The highest BCUT2D eigenvalue weighted by molar-refractivity contribution is 5.94. The molecule has 1 aliphatic rings. The molecule has 3 aromatic rings. The second kappa shape index (κ2) is 7.01. The molecule has 0 radical (unpaired) electrons. The predicted octanol–water partition coefficient (Wildman–Crippen LogP) is 2.91. The Bertz CT molecular complexity index is 861. The summed E-state index contributed by atoms with van der Waals surface area (Å²) in [6.07, 6.45) is 9.51. The zero-order chi connectivity index (χ0) is 17.1. The average molecular weight is 335 g/mol. The van der Waals surface area contributed by atoms with Crippen molar-refractivity contribution < 1.29 is 4.79 Å². The van der Waals surface area contributed by atoms with Crippen LogP contribution in [0.1, 0.15) is 36.2 Å². The van der Waals surface area contributed by atoms with Gasteiger partial charge < -0.3 is 4.90 Å². The van der Waals surface area contributed by atoms with E-state index in [2.05, 4.69) is 15.1 Å². The van der Waals surface area contributed by atoms with Gasteiger partial charge in [0.25, 0.3) is 5.91 Å². The topological polar surface area (TPSA) is 63.9 Å². The molecule has 0 bridgehead atoms. The maximum absolute atomic E-state index is 13.0. The second-order valence-corrected chi connectivity index (χ2v) is 6.45. The molecule has 6 nitrogen and oxygen atoms in total. The molecule has 128 valence electrons. The maximum Gasteiger partial charge on any atom is 0.274 e. The molecule has 1 fully saturated rings. The molecule has 1 aromatic carbocycles. The lowest BCUT2D eigenvalue weighted by Gasteiger charge is -2.35. The number of para-hydroxylation sites is 2. The molecule has 1 saturated heterocycles. The molecule has 0 N–H and O–H groups in total. The van der Waals surface area contributed by atoms with Gasteiger partial charge in [0.1, 0.15) is 5.69 Å². The summed E-state index contributed by atoms with van der Waals surface area (Å²) in [6, 6.07) is 9.80. The Labute approximate surface area is 146 Å². The second-order valence-electron chi connectivity index (χ2n) is 6.45. The van der Waals surface area contributed by atoms with Crippen LogP contribution in [0.25, 0.3) is 11.0 Å². The summed E-state index contributed by atoms with van der Waals surface area (Å²) in [6.45, 7) is 1.61. The van der Waals surface area contributed by atoms with Crippen LogP contribution in [0.15, 0.2) is 48.9 Å². The van der Waals surface area contributed by atoms with Crippen LogP contribution in [0.2, 0.25) is 0 Å². The Morgan fingerprint density at radius 3 is 2.88 bits per heavy atom. The van der Waals surface area contributed by atoms with Gasteiger partial charge in [-0.3, -0.25) is 14.5 Å². The SMILES string of the molecule is O=C(c1cnc2ccccc2n1)N1CCCC[C@H]1CCn1cccn1. The van der Waals surface area contributed by atoms with Gasteiger partial charge in [-0.25, -0.2) is 4.98 Å². The van der Waals surface area contributed by atoms with E-state index in [9.17, 15) is 4.79 Å². The van der Waals surface area contributed by atoms with Gasteiger partial charge in [0.05, 0.1) is 17.2 Å². The van der Waals surface area contributed by atoms with Crippen molar-refractivity contribution in [3.63, 3.8) is 0 Å². The van der Waals surface area contributed by atoms with Crippen molar-refractivity contribution in [3.05, 3.63) is 54.6 Å². The van der Waals surface area contributed by atoms with Gasteiger partial charge in [0.2, 0.25) is 0 Å². The monoisotopic (exact) mass is 335 g/mol. The molecule has 25 heavy (non-hydrogen) atoms. The van der Waals surface area contributed by atoms with Crippen molar-refractivity contribution in [1.29, 1.82) is 0 Å². The van der Waals surface area contributed by atoms with E-state index in [1.807, 2.05) is 46.1 Å². The number of aromatic nitrogens is 4. The summed E-state index contributed by atoms with van der Waals surface area (Å²) >= 11 is 0. The first-order chi connectivity index (χ1) is 12.3. The third kappa shape index (κ3) is 3.38. The Morgan fingerprint density at radius 2 is 2.04 bits per heavy atom. The first kappa shape index (κ1) is 15.7. The Balaban J connectivity index is 1.52. The number of amides is 1. The number of aryl methyl sites for hydroxylation is 1. The fraction of sp³-hybridized carbons (Fsp3) is 0.368. The van der Waals surface area contributed by atoms with E-state index in [1.165, 1.54) is 0 Å². The highest BCUT2D eigenvalue weighted by Gasteiger charge is 2.28. The van der Waals surface area contributed by atoms with Crippen LogP contribution in [-0.2, 0) is 6.54 Å². The zero-order valence-electron chi connectivity index (χ0n) is 14.1. The van der Waals surface area contributed by atoms with Gasteiger partial charge in [-0.1, -0.05) is 12.1 Å². The highest BCUT2D eigenvalue weighted by Crippen LogP contribution is 2.22. The van der Waals surface area contributed by atoms with Gasteiger partial charge in [-0.15, -0.1) is 0 Å². The number of carbonyl (C=O) groups excluding carboxylic acids is 1. The minimum atomic E-state index is -0.0107. The third-order valence-electron chi connectivity index (χ3n) is 4.81. The number of benzene rings is 1. The summed E-state index contributed by atoms with van der Waals surface area (Å²) in [5.41, 5.74) is 2.01. The predicted molar refractivity (Wildman–Crippen MR) is 95.1 cm³/mol. The van der Waals surface area contributed by atoms with Gasteiger partial charge in [-0.2, -0.15) is 5.10 Å². The Hall–Kier alpha value is -2.76. The maximum atomic E-state index is 13.0. The number of fused-ring (bicyclic) bond motifs is 1. The van der Waals surface area contributed by atoms with E-state index in [1.54, 1.807) is 12.4 Å². The molecule has 6 heteroatoms. The molecule has 0 saturated carbocycles. The molecule has 0 aliphatic carbocycles. The van der Waals surface area contributed by atoms with Gasteiger partial charge in [0, 0.05) is 31.5 Å². The van der Waals surface area contributed by atoms with Crippen molar-refractivity contribution in [2.45, 2.75) is 38.3 Å². The van der Waals surface area contributed by atoms with Crippen LogP contribution in [0.3, 0.4) is 0 Å². The largest absolute Gasteiger partial charge is 0.334 e. The van der Waals surface area contributed by atoms with Crippen LogP contribution >= 0.6 is 0 Å². The normalized spacial score (nSPS) is 17.8. The summed E-state index contributed by atoms with van der Waals surface area (Å²) in [4.78, 5) is 23.9. The van der Waals surface area contributed by atoms with Gasteiger partial charge in [-0.05, 0) is 43.9 Å². The molecular formula is C19H21N5O. The lowest BCUT2D eigenvalue weighted by Crippen LogP contribution is -2.44. The highest BCUT2D eigenvalue weighted by atomic mass is 16.2. The minimum Gasteiger partial charge on any atom is -0.334 e. The number of rotatable bonds is 4. The summed E-state index contributed by atoms with van der Waals surface area (Å²) in [5.74, 6) is -0.0107. The van der Waals surface area contributed by atoms with Crippen LogP contribution in [-0.4, -0.2) is 43.1 Å². The lowest BCUT2D eigenvalue weighted by molar-refractivity contribution is 0.0588. The Kier molecular flexibility index (Phi) is 4.41. The smallest absolute Gasteiger partial charge is 0.274 e. The number of piperidine rings is 1. The van der Waals surface area contributed by atoms with Gasteiger partial charge >= 0.3 is 0 Å². The minimum absolute atomic E-state index is 0.0107. The molecule has 1 amide bonds. The van der Waals surface area contributed by atoms with Gasteiger partial charge in [0.15, 0.2) is 0 Å². The number of hydrogen-bond acceptors (Lipinski definition) is 4. The van der Waals surface area contributed by atoms with E-state index in [0.717, 1.165) is 49.8 Å². The molecule has 0 spiro atoms. The zero-order valence-corrected chi connectivity index (χ0v) is 14.1. The van der Waals surface area contributed by atoms with E-state index >= 15 is 0 Å². The first-order valence-corrected chi connectivity index (χ1v) is 8.81. The van der Waals surface area contributed by atoms with Crippen LogP contribution < -0.4 is 0 Å². The van der Waals surface area contributed by atoms with E-state index in [0.29, 0.717) is 5.69 Å². The van der Waals surface area contributed by atoms with Crippen molar-refractivity contribution in [2.24, 2.45) is 0 Å². The van der Waals surface area contributed by atoms with Crippen LogP contribution in [0, 0.1) is 0 Å². The fourth-order valence-corrected chi connectivity index (χ4v) is 3.49. The molecule has 3 heterocycles. The van der Waals surface area contributed by atoms with E-state index < -0.39 is 0 Å². The number of likely N-dealkylation sites (tertiary alicyclic amines) is 1. The van der Waals surface area contributed by atoms with Crippen molar-refractivity contribution >= 4 is 16.9 Å². The molecule has 1 aliphatic heterocycles. The lowest BCUT2D eigenvalue weighted by atomic mass is 9.99. The number of nitrogens with zero attached hydrogens (tertiary/aromatic N) is 5. The van der Waals surface area contributed by atoms with Crippen LogP contribution in [0.5, 0.6) is 0 Å². The molecule has 4 rings (SSSR count). The quantitative estimate of drug-likeness (QED) is 0.735. The summed E-state index contributed by atoms with van der Waals surface area (Å²) < 4.78 is 1.92. The average Bonchev–Trinajstić information content (AvgIpc) is 3.19. The van der Waals surface area contributed by atoms with Crippen LogP contribution in [0.4, 0.5) is 0 Å². The molecule has 1 atom stereocenters. The van der Waals surface area contributed by atoms with E-state index in [4.69, 9.17) is 0 Å². The molecule has 2 aromatic heterocycles. The summed E-state index contributed by atoms with van der Waals surface area (Å²) in [5, 5.41) is 4.25. The van der Waals surface area contributed by atoms with Crippen molar-refractivity contribution in [1.82, 2.24) is 24.6 Å². The standard InChI is InChI=1S/C19H21N5O/c25-19(18-14-20-16-7-1-2-8-17(16)22-18)24-12-4-3-6-15(24)9-13-23-11-5-10-21-23/h1-2,5,7-8,10-11,14-15H,3-4,6,9,12-13H2/t15-/m0/s1. The van der Waals surface area contributed by atoms with E-state index in [-0.39, 0.29) is 11.9 Å². The Morgan fingerprint density at radius 1 is 1.16 bits per heavy atom. The number of hydrogen-bond donors (Lipinski definition) is 0. The van der Waals surface area contributed by atoms with Crippen molar-refractivity contribution in [2.75, 3.05) is 6.54 Å². The number of carbonyl (C=O) groups is 1. The third-order valence-corrected chi connectivity index (χ3v) is 4.81. The summed E-state index contributed by atoms with van der Waals surface area (Å²) in [7, 11) is 0.